The van der Waals surface area contributed by atoms with Gasteiger partial charge in [-0.1, -0.05) is 0 Å². The van der Waals surface area contributed by atoms with Crippen molar-refractivity contribution in [2.75, 3.05) is 0 Å². The Morgan fingerprint density at radius 1 is 1.10 bits per heavy atom. The summed E-state index contributed by atoms with van der Waals surface area (Å²) in [7, 11) is 0. The number of hydrazone groups is 1. The monoisotopic (exact) mass is 272 g/mol. The van der Waals surface area contributed by atoms with Gasteiger partial charge in [0, 0.05) is 6.92 Å². The van der Waals surface area contributed by atoms with E-state index in [1.54, 1.807) is 36.4 Å². The van der Waals surface area contributed by atoms with Gasteiger partial charge < -0.3 is 4.74 Å². The van der Waals surface area contributed by atoms with Crippen LogP contribution in [0.2, 0.25) is 0 Å². The number of amides is 1. The minimum Gasteiger partial charge on any atom is -0.457 e. The lowest BCUT2D eigenvalue weighted by Crippen LogP contribution is -2.12. The second kappa shape index (κ2) is 6.47. The molecule has 2 aromatic rings. The Bertz CT molecular complexity index is 607. The van der Waals surface area contributed by atoms with Crippen molar-refractivity contribution in [1.29, 1.82) is 0 Å². The Morgan fingerprint density at radius 2 is 1.65 bits per heavy atom. The summed E-state index contributed by atoms with van der Waals surface area (Å²) < 4.78 is 18.3. The largest absolute Gasteiger partial charge is 0.457 e. The van der Waals surface area contributed by atoms with Crippen molar-refractivity contribution in [2.24, 2.45) is 5.10 Å². The lowest BCUT2D eigenvalue weighted by molar-refractivity contribution is -0.118. The number of hydrogen-bond donors (Lipinski definition) is 1. The smallest absolute Gasteiger partial charge is 0.236 e. The minimum absolute atomic E-state index is 0.225. The Balaban J connectivity index is 1.99. The fourth-order valence-corrected chi connectivity index (χ4v) is 1.46. The number of nitrogens with one attached hydrogen (secondary N) is 1. The molecule has 20 heavy (non-hydrogen) atoms. The molecule has 0 saturated carbocycles. The third kappa shape index (κ3) is 4.20. The summed E-state index contributed by atoms with van der Waals surface area (Å²) in [5.41, 5.74) is 3.14. The van der Waals surface area contributed by atoms with E-state index in [0.717, 1.165) is 5.56 Å². The quantitative estimate of drug-likeness (QED) is 0.687. The Morgan fingerprint density at radius 3 is 2.20 bits per heavy atom. The van der Waals surface area contributed by atoms with Gasteiger partial charge in [0.1, 0.15) is 17.3 Å². The highest BCUT2D eigenvalue weighted by Gasteiger charge is 1.98. The zero-order valence-corrected chi connectivity index (χ0v) is 10.8. The zero-order chi connectivity index (χ0) is 14.4. The topological polar surface area (TPSA) is 50.7 Å². The number of halogens is 1. The summed E-state index contributed by atoms with van der Waals surface area (Å²) in [6.07, 6.45) is 1.53. The number of ether oxygens (including phenoxy) is 1. The van der Waals surface area contributed by atoms with Crippen LogP contribution in [0.1, 0.15) is 12.5 Å². The van der Waals surface area contributed by atoms with E-state index in [1.807, 2.05) is 0 Å². The highest BCUT2D eigenvalue weighted by Crippen LogP contribution is 2.21. The molecule has 0 spiro atoms. The predicted octanol–water partition coefficient (Wildman–Crippen LogP) is 3.09. The summed E-state index contributed by atoms with van der Waals surface area (Å²) in [4.78, 5) is 10.6. The fraction of sp³-hybridized carbons (Fsp3) is 0.0667. The maximum Gasteiger partial charge on any atom is 0.236 e. The molecule has 0 aliphatic carbocycles. The summed E-state index contributed by atoms with van der Waals surface area (Å²) in [5, 5.41) is 3.76. The van der Waals surface area contributed by atoms with E-state index in [1.165, 1.54) is 25.3 Å². The van der Waals surface area contributed by atoms with Crippen LogP contribution in [0.4, 0.5) is 4.39 Å². The van der Waals surface area contributed by atoms with Crippen molar-refractivity contribution in [3.05, 3.63) is 59.9 Å². The van der Waals surface area contributed by atoms with Crippen LogP contribution in [0, 0.1) is 5.82 Å². The molecule has 0 unspecified atom stereocenters. The van der Waals surface area contributed by atoms with E-state index in [9.17, 15) is 9.18 Å². The summed E-state index contributed by atoms with van der Waals surface area (Å²) in [6.45, 7) is 1.39. The highest BCUT2D eigenvalue weighted by molar-refractivity contribution is 5.81. The van der Waals surface area contributed by atoms with Crippen LogP contribution in [0.5, 0.6) is 11.5 Å². The first-order valence-electron chi connectivity index (χ1n) is 5.96. The Labute approximate surface area is 115 Å². The second-order valence-electron chi connectivity index (χ2n) is 4.05. The van der Waals surface area contributed by atoms with Gasteiger partial charge in [-0.3, -0.25) is 4.79 Å². The number of hydrogen-bond acceptors (Lipinski definition) is 3. The van der Waals surface area contributed by atoms with Crippen molar-refractivity contribution in [3.63, 3.8) is 0 Å². The molecule has 0 fully saturated rings. The van der Waals surface area contributed by atoms with Gasteiger partial charge >= 0.3 is 0 Å². The molecule has 0 radical (unpaired) electrons. The van der Waals surface area contributed by atoms with Crippen molar-refractivity contribution < 1.29 is 13.9 Å². The molecule has 102 valence electrons. The fourth-order valence-electron chi connectivity index (χ4n) is 1.46. The first-order valence-corrected chi connectivity index (χ1v) is 5.96. The lowest BCUT2D eigenvalue weighted by atomic mass is 10.2. The summed E-state index contributed by atoms with van der Waals surface area (Å²) in [5.74, 6) is 0.666. The second-order valence-corrected chi connectivity index (χ2v) is 4.05. The molecule has 0 heterocycles. The Hall–Kier alpha value is -2.69. The average Bonchev–Trinajstić information content (AvgIpc) is 2.43. The van der Waals surface area contributed by atoms with Gasteiger partial charge in [-0.15, -0.1) is 0 Å². The highest BCUT2D eigenvalue weighted by atomic mass is 19.1. The molecule has 0 atom stereocenters. The van der Waals surface area contributed by atoms with Crippen LogP contribution >= 0.6 is 0 Å². The van der Waals surface area contributed by atoms with Crippen molar-refractivity contribution in [1.82, 2.24) is 5.43 Å². The van der Waals surface area contributed by atoms with Crippen LogP contribution in [-0.2, 0) is 4.79 Å². The third-order valence-electron chi connectivity index (χ3n) is 2.37. The van der Waals surface area contributed by atoms with E-state index in [2.05, 4.69) is 10.5 Å². The van der Waals surface area contributed by atoms with Gasteiger partial charge in [0.25, 0.3) is 0 Å². The van der Waals surface area contributed by atoms with Crippen molar-refractivity contribution in [3.8, 4) is 11.5 Å². The molecule has 0 aromatic heterocycles. The van der Waals surface area contributed by atoms with E-state index >= 15 is 0 Å². The van der Waals surface area contributed by atoms with Crippen molar-refractivity contribution in [2.45, 2.75) is 6.92 Å². The molecule has 0 aliphatic rings. The van der Waals surface area contributed by atoms with Gasteiger partial charge in [-0.2, -0.15) is 5.10 Å². The molecule has 0 saturated heterocycles. The van der Waals surface area contributed by atoms with Crippen molar-refractivity contribution >= 4 is 12.1 Å². The molecule has 2 aromatic carbocycles. The normalized spacial score (nSPS) is 10.5. The van der Waals surface area contributed by atoms with Gasteiger partial charge in [-0.25, -0.2) is 9.82 Å². The number of benzene rings is 2. The number of nitrogens with zero attached hydrogens (tertiary/aromatic N) is 1. The predicted molar refractivity (Wildman–Crippen MR) is 74.3 cm³/mol. The van der Waals surface area contributed by atoms with Gasteiger partial charge in [0.2, 0.25) is 5.91 Å². The number of carbonyl (C=O) groups is 1. The Kier molecular flexibility index (Phi) is 4.44. The third-order valence-corrected chi connectivity index (χ3v) is 2.37. The van der Waals surface area contributed by atoms with E-state index < -0.39 is 0 Å². The molecule has 0 bridgehead atoms. The number of rotatable bonds is 4. The van der Waals surface area contributed by atoms with E-state index in [4.69, 9.17) is 4.74 Å². The molecule has 1 amide bonds. The first-order chi connectivity index (χ1) is 9.63. The molecular weight excluding hydrogens is 259 g/mol. The van der Waals surface area contributed by atoms with Crippen LogP contribution in [0.25, 0.3) is 0 Å². The average molecular weight is 272 g/mol. The summed E-state index contributed by atoms with van der Waals surface area (Å²) >= 11 is 0. The number of carbonyl (C=O) groups excluding carboxylic acids is 1. The maximum absolute atomic E-state index is 12.8. The minimum atomic E-state index is -0.304. The standard InChI is InChI=1S/C15H13FN2O2/c1-11(19)18-17-10-12-2-6-14(7-3-12)20-15-8-4-13(16)5-9-15/h2-10H,1H3,(H,18,19)/b17-10+. The van der Waals surface area contributed by atoms with Gasteiger partial charge in [0.05, 0.1) is 6.21 Å². The SMILES string of the molecule is CC(=O)N/N=C/c1ccc(Oc2ccc(F)cc2)cc1. The molecule has 4 nitrogen and oxygen atoms in total. The molecular formula is C15H13FN2O2. The van der Waals surface area contributed by atoms with Gasteiger partial charge in [-0.05, 0) is 54.1 Å². The molecule has 5 heteroatoms. The lowest BCUT2D eigenvalue weighted by Gasteiger charge is -2.05. The maximum atomic E-state index is 12.8. The molecule has 1 N–H and O–H groups in total. The molecule has 0 aliphatic heterocycles. The van der Waals surface area contributed by atoms with Crippen LogP contribution < -0.4 is 10.2 Å². The van der Waals surface area contributed by atoms with E-state index in [-0.39, 0.29) is 11.7 Å². The van der Waals surface area contributed by atoms with Crippen LogP contribution in [0.15, 0.2) is 53.6 Å². The van der Waals surface area contributed by atoms with E-state index in [0.29, 0.717) is 11.5 Å². The zero-order valence-electron chi connectivity index (χ0n) is 10.8. The molecule has 2 rings (SSSR count). The van der Waals surface area contributed by atoms with Crippen LogP contribution in [0.3, 0.4) is 0 Å². The van der Waals surface area contributed by atoms with Crippen LogP contribution in [-0.4, -0.2) is 12.1 Å². The van der Waals surface area contributed by atoms with Gasteiger partial charge in [0.15, 0.2) is 0 Å². The summed E-state index contributed by atoms with van der Waals surface area (Å²) in [6, 6.07) is 12.9. The first kappa shape index (κ1) is 13.7.